The lowest BCUT2D eigenvalue weighted by atomic mass is 10.1. The molecule has 3 heterocycles. The van der Waals surface area contributed by atoms with Crippen molar-refractivity contribution in [2.45, 2.75) is 24.5 Å². The lowest BCUT2D eigenvalue weighted by molar-refractivity contribution is 0.0271. The second-order valence-corrected chi connectivity index (χ2v) is 7.67. The molecule has 0 bridgehead atoms. The van der Waals surface area contributed by atoms with Crippen LogP contribution < -0.4 is 14.8 Å². The zero-order chi connectivity index (χ0) is 21.5. The Balaban J connectivity index is 1.46. The largest absolute Gasteiger partial charge is 0.493 e. The number of nitrogens with one attached hydrogen (secondary N) is 1. The molecule has 5 rings (SSSR count). The van der Waals surface area contributed by atoms with Crippen molar-refractivity contribution in [1.82, 2.24) is 9.97 Å². The summed E-state index contributed by atoms with van der Waals surface area (Å²) in [6.07, 6.45) is -1.32. The van der Waals surface area contributed by atoms with Crippen LogP contribution >= 0.6 is 11.6 Å². The molecule has 2 saturated heterocycles. The van der Waals surface area contributed by atoms with Crippen LogP contribution in [0, 0.1) is 5.82 Å². The molecule has 1 N–H and O–H groups in total. The molecule has 7 nitrogen and oxygen atoms in total. The molecule has 0 spiro atoms. The van der Waals surface area contributed by atoms with Crippen molar-refractivity contribution in [3.8, 4) is 11.5 Å². The molecule has 2 aromatic carbocycles. The van der Waals surface area contributed by atoms with E-state index in [1.54, 1.807) is 12.1 Å². The topological polar surface area (TPSA) is 74.7 Å². The standard InChI is InChI=1S/C21H18ClF2N3O4/c1-28-16-5-11-15(6-17(16)31-18-8-30-19-13(24)7-29-20(18)19)25-9-26-21(11)27-14-3-2-10(23)4-12(14)22/h2-6,9,13,18-20H,7-8H2,1H3,(H,25,26,27)/t13?,18?,19-,20-/m0/s1. The first-order valence-corrected chi connectivity index (χ1v) is 10.00. The molecule has 3 aromatic rings. The number of hydrogen-bond donors (Lipinski definition) is 1. The SMILES string of the molecule is COc1cc2c(Nc3ccc(F)cc3Cl)ncnc2cc1OC1CO[C@H]2C(F)CO[C@@H]12. The average molecular weight is 450 g/mol. The van der Waals surface area contributed by atoms with Gasteiger partial charge in [0.15, 0.2) is 23.8 Å². The molecule has 2 aliphatic rings. The molecular weight excluding hydrogens is 432 g/mol. The summed E-state index contributed by atoms with van der Waals surface area (Å²) in [5.41, 5.74) is 1.08. The summed E-state index contributed by atoms with van der Waals surface area (Å²) in [7, 11) is 1.51. The van der Waals surface area contributed by atoms with Crippen molar-refractivity contribution in [1.29, 1.82) is 0 Å². The number of aromatic nitrogens is 2. The number of ether oxygens (including phenoxy) is 4. The van der Waals surface area contributed by atoms with Gasteiger partial charge in [-0.25, -0.2) is 18.7 Å². The summed E-state index contributed by atoms with van der Waals surface area (Å²) in [4.78, 5) is 8.58. The molecular formula is C21H18ClF2N3O4. The van der Waals surface area contributed by atoms with Crippen LogP contribution in [0.5, 0.6) is 11.5 Å². The number of anilines is 2. The van der Waals surface area contributed by atoms with Crippen molar-refractivity contribution in [3.63, 3.8) is 0 Å². The lowest BCUT2D eigenvalue weighted by Gasteiger charge is -2.20. The van der Waals surface area contributed by atoms with E-state index in [2.05, 4.69) is 15.3 Å². The first-order chi connectivity index (χ1) is 15.0. The molecule has 162 valence electrons. The van der Waals surface area contributed by atoms with Crippen LogP contribution in [0.2, 0.25) is 5.02 Å². The number of rotatable bonds is 5. The Labute approximate surface area is 181 Å². The minimum atomic E-state index is -1.16. The fraction of sp³-hybridized carbons (Fsp3) is 0.333. The summed E-state index contributed by atoms with van der Waals surface area (Å²) >= 11 is 6.12. The maximum atomic E-state index is 13.8. The van der Waals surface area contributed by atoms with Gasteiger partial charge in [0.2, 0.25) is 0 Å². The van der Waals surface area contributed by atoms with Gasteiger partial charge in [-0.2, -0.15) is 0 Å². The van der Waals surface area contributed by atoms with E-state index >= 15 is 0 Å². The number of benzene rings is 2. The van der Waals surface area contributed by atoms with Gasteiger partial charge in [-0.3, -0.25) is 0 Å². The molecule has 4 atom stereocenters. The van der Waals surface area contributed by atoms with Gasteiger partial charge in [-0.05, 0) is 24.3 Å². The summed E-state index contributed by atoms with van der Waals surface area (Å²) < 4.78 is 49.8. The monoisotopic (exact) mass is 449 g/mol. The van der Waals surface area contributed by atoms with Crippen molar-refractivity contribution in [2.75, 3.05) is 25.6 Å². The molecule has 10 heteroatoms. The van der Waals surface area contributed by atoms with Gasteiger partial charge in [0.1, 0.15) is 30.2 Å². The summed E-state index contributed by atoms with van der Waals surface area (Å²) in [6, 6.07) is 7.47. The van der Waals surface area contributed by atoms with Crippen LogP contribution in [0.25, 0.3) is 10.9 Å². The van der Waals surface area contributed by atoms with Crippen LogP contribution in [-0.4, -0.2) is 54.8 Å². The maximum absolute atomic E-state index is 13.8. The highest BCUT2D eigenvalue weighted by Gasteiger charge is 2.49. The van der Waals surface area contributed by atoms with Gasteiger partial charge >= 0.3 is 0 Å². The van der Waals surface area contributed by atoms with E-state index in [9.17, 15) is 8.78 Å². The van der Waals surface area contributed by atoms with Gasteiger partial charge in [-0.15, -0.1) is 0 Å². The maximum Gasteiger partial charge on any atom is 0.164 e. The van der Waals surface area contributed by atoms with E-state index in [4.69, 9.17) is 30.5 Å². The van der Waals surface area contributed by atoms with Crippen LogP contribution in [0.3, 0.4) is 0 Å². The molecule has 2 aliphatic heterocycles. The molecule has 1 aromatic heterocycles. The fourth-order valence-corrected chi connectivity index (χ4v) is 4.03. The summed E-state index contributed by atoms with van der Waals surface area (Å²) in [6.45, 7) is 0.217. The zero-order valence-corrected chi connectivity index (χ0v) is 17.1. The van der Waals surface area contributed by atoms with Crippen molar-refractivity contribution >= 4 is 34.0 Å². The Morgan fingerprint density at radius 2 is 1.94 bits per heavy atom. The van der Waals surface area contributed by atoms with Crippen molar-refractivity contribution in [2.24, 2.45) is 0 Å². The quantitative estimate of drug-likeness (QED) is 0.629. The summed E-state index contributed by atoms with van der Waals surface area (Å²) in [5, 5.41) is 3.96. The predicted octanol–water partition coefficient (Wildman–Crippen LogP) is 4.06. The van der Waals surface area contributed by atoms with Crippen LogP contribution in [0.1, 0.15) is 0 Å². The number of alkyl halides is 1. The number of nitrogens with zero attached hydrogens (tertiary/aromatic N) is 2. The Morgan fingerprint density at radius 3 is 2.74 bits per heavy atom. The molecule has 0 radical (unpaired) electrons. The number of hydrogen-bond acceptors (Lipinski definition) is 7. The van der Waals surface area contributed by atoms with Crippen molar-refractivity contribution < 1.29 is 27.7 Å². The number of methoxy groups -OCH3 is 1. The molecule has 0 amide bonds. The number of fused-ring (bicyclic) bond motifs is 2. The lowest BCUT2D eigenvalue weighted by Crippen LogP contribution is -2.33. The first kappa shape index (κ1) is 20.2. The second kappa shape index (κ2) is 8.07. The highest BCUT2D eigenvalue weighted by atomic mass is 35.5. The van der Waals surface area contributed by atoms with E-state index < -0.39 is 30.3 Å². The third kappa shape index (κ3) is 3.73. The predicted molar refractivity (Wildman–Crippen MR) is 110 cm³/mol. The normalized spacial score (nSPS) is 24.9. The smallest absolute Gasteiger partial charge is 0.164 e. The van der Waals surface area contributed by atoms with Gasteiger partial charge in [0.25, 0.3) is 0 Å². The highest BCUT2D eigenvalue weighted by Crippen LogP contribution is 2.38. The zero-order valence-electron chi connectivity index (χ0n) is 16.3. The van der Waals surface area contributed by atoms with Crippen LogP contribution in [0.15, 0.2) is 36.7 Å². The van der Waals surface area contributed by atoms with Gasteiger partial charge in [0.05, 0.1) is 36.6 Å². The minimum Gasteiger partial charge on any atom is -0.493 e. The highest BCUT2D eigenvalue weighted by molar-refractivity contribution is 6.33. The fourth-order valence-electron chi connectivity index (χ4n) is 3.82. The van der Waals surface area contributed by atoms with Crippen LogP contribution in [-0.2, 0) is 9.47 Å². The van der Waals surface area contributed by atoms with Gasteiger partial charge in [0, 0.05) is 11.5 Å². The Kier molecular flexibility index (Phi) is 5.25. The van der Waals surface area contributed by atoms with E-state index in [-0.39, 0.29) is 18.2 Å². The molecule has 2 fully saturated rings. The van der Waals surface area contributed by atoms with E-state index in [0.717, 1.165) is 0 Å². The van der Waals surface area contributed by atoms with Crippen molar-refractivity contribution in [3.05, 3.63) is 47.5 Å². The summed E-state index contributed by atoms with van der Waals surface area (Å²) in [5.74, 6) is 0.899. The van der Waals surface area contributed by atoms with Gasteiger partial charge in [-0.1, -0.05) is 11.6 Å². The Morgan fingerprint density at radius 1 is 1.10 bits per heavy atom. The average Bonchev–Trinajstić information content (AvgIpc) is 3.33. The molecule has 2 unspecified atom stereocenters. The van der Waals surface area contributed by atoms with E-state index in [1.807, 2.05) is 0 Å². The third-order valence-corrected chi connectivity index (χ3v) is 5.64. The van der Waals surface area contributed by atoms with Crippen LogP contribution in [0.4, 0.5) is 20.3 Å². The Hall–Kier alpha value is -2.75. The van der Waals surface area contributed by atoms with E-state index in [0.29, 0.717) is 33.9 Å². The first-order valence-electron chi connectivity index (χ1n) is 9.62. The number of halogens is 3. The Bertz CT molecular complexity index is 1140. The second-order valence-electron chi connectivity index (χ2n) is 7.26. The molecule has 0 aliphatic carbocycles. The van der Waals surface area contributed by atoms with E-state index in [1.165, 1.54) is 31.6 Å². The minimum absolute atomic E-state index is 0.00174. The molecule has 31 heavy (non-hydrogen) atoms. The molecule has 0 saturated carbocycles. The van der Waals surface area contributed by atoms with Gasteiger partial charge < -0.3 is 24.3 Å². The third-order valence-electron chi connectivity index (χ3n) is 5.33.